The average Bonchev–Trinajstić information content (AvgIpc) is 2.11. The lowest BCUT2D eigenvalue weighted by Gasteiger charge is -2.41. The van der Waals surface area contributed by atoms with Gasteiger partial charge in [-0.1, -0.05) is 13.5 Å². The molecule has 0 aromatic heterocycles. The van der Waals surface area contributed by atoms with Crippen molar-refractivity contribution in [3.8, 4) is 0 Å². The summed E-state index contributed by atoms with van der Waals surface area (Å²) in [6.45, 7) is 9.98. The van der Waals surface area contributed by atoms with Gasteiger partial charge in [-0.15, -0.1) is 0 Å². The summed E-state index contributed by atoms with van der Waals surface area (Å²) in [5, 5.41) is 0. The number of hydrogen-bond donors (Lipinski definition) is 0. The summed E-state index contributed by atoms with van der Waals surface area (Å²) in [6, 6.07) is 0. The minimum Gasteiger partial charge on any atom is -0.433 e. The van der Waals surface area contributed by atoms with Gasteiger partial charge in [-0.2, -0.15) is 0 Å². The second-order valence-electron chi connectivity index (χ2n) is 3.90. The van der Waals surface area contributed by atoms with E-state index in [-0.39, 0.29) is 5.60 Å². The molecule has 0 bridgehead atoms. The normalized spacial score (nSPS) is 20.2. The van der Waals surface area contributed by atoms with Gasteiger partial charge in [-0.3, -0.25) is 0 Å². The Balaban J connectivity index is 2.38. The van der Waals surface area contributed by atoms with Crippen molar-refractivity contribution in [2.24, 2.45) is 0 Å². The molecule has 1 aliphatic heterocycles. The third-order valence-electron chi connectivity index (χ3n) is 2.41. The topological polar surface area (TPSA) is 44.8 Å². The van der Waals surface area contributed by atoms with Crippen LogP contribution in [0.2, 0.25) is 0 Å². The molecule has 1 saturated heterocycles. The lowest BCUT2D eigenvalue weighted by atomic mass is 9.99. The summed E-state index contributed by atoms with van der Waals surface area (Å²) in [4.78, 5) is 11.2. The summed E-state index contributed by atoms with van der Waals surface area (Å²) in [7, 11) is 0. The highest BCUT2D eigenvalue weighted by molar-refractivity contribution is 5.86. The first-order valence-corrected chi connectivity index (χ1v) is 5.11. The Morgan fingerprint density at radius 1 is 1.60 bits per heavy atom. The van der Waals surface area contributed by atoms with Gasteiger partial charge < -0.3 is 14.2 Å². The maximum absolute atomic E-state index is 11.2. The molecule has 0 amide bonds. The zero-order valence-electron chi connectivity index (χ0n) is 9.54. The van der Waals surface area contributed by atoms with E-state index < -0.39 is 12.3 Å². The van der Waals surface area contributed by atoms with E-state index in [9.17, 15) is 4.79 Å². The van der Waals surface area contributed by atoms with E-state index in [1.165, 1.54) is 0 Å². The predicted octanol–water partition coefficient (Wildman–Crippen LogP) is 1.65. The van der Waals surface area contributed by atoms with E-state index in [0.29, 0.717) is 18.8 Å². The van der Waals surface area contributed by atoms with Crippen LogP contribution in [0.4, 0.5) is 0 Å². The Kier molecular flexibility index (Phi) is 3.88. The molecule has 0 aromatic rings. The zero-order valence-corrected chi connectivity index (χ0v) is 9.54. The van der Waals surface area contributed by atoms with Crippen LogP contribution in [0.15, 0.2) is 12.2 Å². The summed E-state index contributed by atoms with van der Waals surface area (Å²) in [6.07, 6.45) is 0.292. The lowest BCUT2D eigenvalue weighted by Crippen LogP contribution is -2.53. The Morgan fingerprint density at radius 2 is 2.20 bits per heavy atom. The van der Waals surface area contributed by atoms with Crippen LogP contribution in [0.5, 0.6) is 0 Å². The fourth-order valence-corrected chi connectivity index (χ4v) is 1.31. The standard InChI is InChI=1S/C11H18O4/c1-5-11(6-13-7-11)15-9(4)14-10(12)8(2)3/h9H,2,5-7H2,1,3-4H3. The first-order chi connectivity index (χ1) is 6.99. The highest BCUT2D eigenvalue weighted by Crippen LogP contribution is 2.27. The molecular formula is C11H18O4. The van der Waals surface area contributed by atoms with Crippen molar-refractivity contribution in [3.05, 3.63) is 12.2 Å². The van der Waals surface area contributed by atoms with Gasteiger partial charge >= 0.3 is 5.97 Å². The molecule has 0 aromatic carbocycles. The van der Waals surface area contributed by atoms with Gasteiger partial charge in [0.25, 0.3) is 0 Å². The first-order valence-electron chi connectivity index (χ1n) is 5.11. The van der Waals surface area contributed by atoms with Crippen LogP contribution < -0.4 is 0 Å². The molecule has 1 fully saturated rings. The Morgan fingerprint density at radius 3 is 2.53 bits per heavy atom. The maximum Gasteiger partial charge on any atom is 0.335 e. The van der Waals surface area contributed by atoms with E-state index in [0.717, 1.165) is 6.42 Å². The van der Waals surface area contributed by atoms with Gasteiger partial charge in [0, 0.05) is 5.57 Å². The molecule has 0 spiro atoms. The van der Waals surface area contributed by atoms with Crippen LogP contribution in [0.3, 0.4) is 0 Å². The third-order valence-corrected chi connectivity index (χ3v) is 2.41. The van der Waals surface area contributed by atoms with Crippen LogP contribution >= 0.6 is 0 Å². The smallest absolute Gasteiger partial charge is 0.335 e. The van der Waals surface area contributed by atoms with Crippen LogP contribution in [-0.4, -0.2) is 31.1 Å². The second-order valence-corrected chi connectivity index (χ2v) is 3.90. The Bertz CT molecular complexity index is 250. The maximum atomic E-state index is 11.2. The van der Waals surface area contributed by atoms with E-state index in [1.807, 2.05) is 6.92 Å². The van der Waals surface area contributed by atoms with E-state index >= 15 is 0 Å². The zero-order chi connectivity index (χ0) is 11.5. The van der Waals surface area contributed by atoms with Gasteiger partial charge in [-0.25, -0.2) is 4.79 Å². The predicted molar refractivity (Wildman–Crippen MR) is 55.3 cm³/mol. The molecule has 4 heteroatoms. The Labute approximate surface area is 90.2 Å². The highest BCUT2D eigenvalue weighted by Gasteiger charge is 2.40. The van der Waals surface area contributed by atoms with E-state index in [4.69, 9.17) is 14.2 Å². The fraction of sp³-hybridized carbons (Fsp3) is 0.727. The number of carbonyl (C=O) groups is 1. The molecule has 0 aliphatic carbocycles. The lowest BCUT2D eigenvalue weighted by molar-refractivity contribution is -0.273. The molecule has 15 heavy (non-hydrogen) atoms. The molecule has 1 unspecified atom stereocenters. The van der Waals surface area contributed by atoms with Crippen molar-refractivity contribution in [1.82, 2.24) is 0 Å². The molecule has 0 N–H and O–H groups in total. The molecular weight excluding hydrogens is 196 g/mol. The van der Waals surface area contributed by atoms with Crippen molar-refractivity contribution in [2.45, 2.75) is 39.1 Å². The highest BCUT2D eigenvalue weighted by atomic mass is 16.7. The quantitative estimate of drug-likeness (QED) is 0.396. The van der Waals surface area contributed by atoms with Crippen molar-refractivity contribution >= 4 is 5.97 Å². The SMILES string of the molecule is C=C(C)C(=O)OC(C)OC1(CC)COC1. The largest absolute Gasteiger partial charge is 0.433 e. The van der Waals surface area contributed by atoms with Gasteiger partial charge in [0.2, 0.25) is 6.29 Å². The minimum atomic E-state index is -0.557. The van der Waals surface area contributed by atoms with Gasteiger partial charge in [-0.05, 0) is 20.3 Å². The molecule has 86 valence electrons. The number of esters is 1. The van der Waals surface area contributed by atoms with E-state index in [2.05, 4.69) is 6.58 Å². The summed E-state index contributed by atoms with van der Waals surface area (Å²) < 4.78 is 15.8. The summed E-state index contributed by atoms with van der Waals surface area (Å²) in [5.74, 6) is -0.422. The minimum absolute atomic E-state index is 0.269. The van der Waals surface area contributed by atoms with Crippen LogP contribution in [0, 0.1) is 0 Å². The molecule has 0 saturated carbocycles. The fourth-order valence-electron chi connectivity index (χ4n) is 1.31. The van der Waals surface area contributed by atoms with E-state index in [1.54, 1.807) is 13.8 Å². The molecule has 1 atom stereocenters. The second kappa shape index (κ2) is 4.77. The number of ether oxygens (including phenoxy) is 3. The Hall–Kier alpha value is -0.870. The summed E-state index contributed by atoms with van der Waals surface area (Å²) in [5.41, 5.74) is 0.107. The molecule has 0 radical (unpaired) electrons. The van der Waals surface area contributed by atoms with Crippen molar-refractivity contribution in [1.29, 1.82) is 0 Å². The average molecular weight is 214 g/mol. The number of carbonyl (C=O) groups excluding carboxylic acids is 1. The monoisotopic (exact) mass is 214 g/mol. The van der Waals surface area contributed by atoms with Crippen molar-refractivity contribution in [3.63, 3.8) is 0 Å². The van der Waals surface area contributed by atoms with Gasteiger partial charge in [0.05, 0.1) is 13.2 Å². The first kappa shape index (κ1) is 12.2. The van der Waals surface area contributed by atoms with Crippen LogP contribution in [0.1, 0.15) is 27.2 Å². The summed E-state index contributed by atoms with van der Waals surface area (Å²) >= 11 is 0. The van der Waals surface area contributed by atoms with Crippen LogP contribution in [-0.2, 0) is 19.0 Å². The van der Waals surface area contributed by atoms with Gasteiger partial charge in [0.1, 0.15) is 5.60 Å². The number of rotatable bonds is 5. The number of hydrogen-bond acceptors (Lipinski definition) is 4. The molecule has 1 aliphatic rings. The molecule has 1 heterocycles. The molecule has 1 rings (SSSR count). The molecule has 4 nitrogen and oxygen atoms in total. The van der Waals surface area contributed by atoms with Crippen molar-refractivity contribution in [2.75, 3.05) is 13.2 Å². The van der Waals surface area contributed by atoms with Crippen molar-refractivity contribution < 1.29 is 19.0 Å². The van der Waals surface area contributed by atoms with Crippen LogP contribution in [0.25, 0.3) is 0 Å². The third kappa shape index (κ3) is 3.04. The van der Waals surface area contributed by atoms with Gasteiger partial charge in [0.15, 0.2) is 0 Å².